The first kappa shape index (κ1) is 34.2. The quantitative estimate of drug-likeness (QED) is 0.0844. The summed E-state index contributed by atoms with van der Waals surface area (Å²) in [5, 5.41) is 97.2. The van der Waals surface area contributed by atoms with Crippen molar-refractivity contribution in [1.82, 2.24) is 4.90 Å². The van der Waals surface area contributed by atoms with E-state index in [-0.39, 0.29) is 38.6 Å². The molecular formula is C21H38ClNO11S. The van der Waals surface area contributed by atoms with Crippen LogP contribution < -0.4 is 4.74 Å². The Labute approximate surface area is 215 Å². The summed E-state index contributed by atoms with van der Waals surface area (Å²) in [5.41, 5.74) is 0.985. The van der Waals surface area contributed by atoms with Gasteiger partial charge in [-0.1, -0.05) is 12.1 Å². The first-order chi connectivity index (χ1) is 16.0. The van der Waals surface area contributed by atoms with E-state index < -0.39 is 62.0 Å². The SMILES string of the molecule is Cl.OC[C@@H](O)[C@@H](O)[C@H](O)[C@H](O)CN(CCOc1ccc(CS)cc1)C[C@@H](O)[C@@H](O)[C@H](O)[C@H](O)CO. The molecule has 0 fully saturated rings. The van der Waals surface area contributed by atoms with Gasteiger partial charge in [-0.3, -0.25) is 4.90 Å². The van der Waals surface area contributed by atoms with Crippen LogP contribution in [0, 0.1) is 0 Å². The van der Waals surface area contributed by atoms with Gasteiger partial charge in [-0.25, -0.2) is 0 Å². The van der Waals surface area contributed by atoms with E-state index in [1.54, 1.807) is 12.1 Å². The lowest BCUT2D eigenvalue weighted by molar-refractivity contribution is -0.130. The van der Waals surface area contributed by atoms with Gasteiger partial charge in [-0.2, -0.15) is 12.6 Å². The third-order valence-corrected chi connectivity index (χ3v) is 5.69. The van der Waals surface area contributed by atoms with Crippen LogP contribution in [0.2, 0.25) is 0 Å². The lowest BCUT2D eigenvalue weighted by Gasteiger charge is -2.33. The highest BCUT2D eigenvalue weighted by Crippen LogP contribution is 2.14. The van der Waals surface area contributed by atoms with Gasteiger partial charge in [0.25, 0.3) is 0 Å². The van der Waals surface area contributed by atoms with Crippen LogP contribution >= 0.6 is 25.0 Å². The van der Waals surface area contributed by atoms with Gasteiger partial charge in [-0.05, 0) is 17.7 Å². The minimum Gasteiger partial charge on any atom is -0.492 e. The molecule has 12 nitrogen and oxygen atoms in total. The lowest BCUT2D eigenvalue weighted by atomic mass is 10.0. The van der Waals surface area contributed by atoms with E-state index >= 15 is 0 Å². The van der Waals surface area contributed by atoms with Gasteiger partial charge in [0.2, 0.25) is 0 Å². The smallest absolute Gasteiger partial charge is 0.119 e. The molecule has 35 heavy (non-hydrogen) atoms. The molecule has 14 heteroatoms. The molecule has 1 aromatic carbocycles. The molecule has 1 rings (SSSR count). The van der Waals surface area contributed by atoms with Crippen LogP contribution in [-0.4, -0.2) is 144 Å². The highest BCUT2D eigenvalue weighted by molar-refractivity contribution is 7.79. The number of benzene rings is 1. The maximum Gasteiger partial charge on any atom is 0.119 e. The Bertz CT molecular complexity index is 647. The molecule has 0 aromatic heterocycles. The van der Waals surface area contributed by atoms with E-state index in [1.807, 2.05) is 12.1 Å². The molecule has 10 N–H and O–H groups in total. The molecule has 206 valence electrons. The van der Waals surface area contributed by atoms with E-state index in [2.05, 4.69) is 12.6 Å². The Morgan fingerprint density at radius 1 is 0.686 bits per heavy atom. The zero-order chi connectivity index (χ0) is 25.8. The molecule has 0 amide bonds. The van der Waals surface area contributed by atoms with Crippen LogP contribution in [0.4, 0.5) is 0 Å². The minimum absolute atomic E-state index is 0. The largest absolute Gasteiger partial charge is 0.492 e. The van der Waals surface area contributed by atoms with Crippen molar-refractivity contribution >= 4 is 25.0 Å². The Balaban J connectivity index is 0.0000116. The normalized spacial score (nSPS) is 18.6. The second kappa shape index (κ2) is 17.6. The molecule has 0 unspecified atom stereocenters. The predicted molar refractivity (Wildman–Crippen MR) is 131 cm³/mol. The molecule has 1 aromatic rings. The average molecular weight is 548 g/mol. The van der Waals surface area contributed by atoms with Crippen LogP contribution in [-0.2, 0) is 5.75 Å². The van der Waals surface area contributed by atoms with Crippen molar-refractivity contribution in [2.75, 3.05) is 39.5 Å². The average Bonchev–Trinajstić information content (AvgIpc) is 2.85. The van der Waals surface area contributed by atoms with Gasteiger partial charge < -0.3 is 55.8 Å². The van der Waals surface area contributed by atoms with Crippen molar-refractivity contribution in [3.8, 4) is 5.75 Å². The fraction of sp³-hybridized carbons (Fsp3) is 0.714. The molecule has 0 saturated carbocycles. The van der Waals surface area contributed by atoms with Crippen molar-refractivity contribution < 1.29 is 55.8 Å². The predicted octanol–water partition coefficient (Wildman–Crippen LogP) is -3.91. The topological polar surface area (TPSA) is 215 Å². The Morgan fingerprint density at radius 2 is 1.09 bits per heavy atom. The second-order valence-corrected chi connectivity index (χ2v) is 8.32. The van der Waals surface area contributed by atoms with Gasteiger partial charge in [0.05, 0.1) is 25.4 Å². The Hall–Kier alpha value is -0.780. The number of rotatable bonds is 17. The summed E-state index contributed by atoms with van der Waals surface area (Å²) < 4.78 is 5.63. The summed E-state index contributed by atoms with van der Waals surface area (Å²) >= 11 is 4.17. The molecule has 0 aliphatic heterocycles. The van der Waals surface area contributed by atoms with E-state index in [1.165, 1.54) is 4.90 Å². The molecule has 0 heterocycles. The van der Waals surface area contributed by atoms with E-state index in [0.29, 0.717) is 11.5 Å². The van der Waals surface area contributed by atoms with Crippen LogP contribution in [0.25, 0.3) is 0 Å². The molecule has 0 spiro atoms. The van der Waals surface area contributed by atoms with Crippen molar-refractivity contribution in [2.24, 2.45) is 0 Å². The van der Waals surface area contributed by atoms with Gasteiger partial charge in [0.1, 0.15) is 49.0 Å². The van der Waals surface area contributed by atoms with E-state index in [0.717, 1.165) is 5.56 Å². The molecule has 0 aliphatic rings. The van der Waals surface area contributed by atoms with Crippen molar-refractivity contribution in [3.05, 3.63) is 29.8 Å². The Kier molecular flexibility index (Phi) is 17.2. The lowest BCUT2D eigenvalue weighted by Crippen LogP contribution is -2.53. The van der Waals surface area contributed by atoms with E-state index in [4.69, 9.17) is 14.9 Å². The maximum absolute atomic E-state index is 10.3. The van der Waals surface area contributed by atoms with Crippen LogP contribution in [0.3, 0.4) is 0 Å². The summed E-state index contributed by atoms with van der Waals surface area (Å²) in [5.74, 6) is 1.09. The number of aliphatic hydroxyl groups excluding tert-OH is 10. The van der Waals surface area contributed by atoms with E-state index in [9.17, 15) is 40.9 Å². The van der Waals surface area contributed by atoms with Gasteiger partial charge in [0, 0.05) is 25.4 Å². The first-order valence-corrected chi connectivity index (χ1v) is 11.4. The van der Waals surface area contributed by atoms with Crippen molar-refractivity contribution in [1.29, 1.82) is 0 Å². The fourth-order valence-electron chi connectivity index (χ4n) is 3.11. The zero-order valence-electron chi connectivity index (χ0n) is 19.1. The number of nitrogens with zero attached hydrogens (tertiary/aromatic N) is 1. The number of aliphatic hydroxyl groups is 10. The number of thiol groups is 1. The molecule has 0 bridgehead atoms. The van der Waals surface area contributed by atoms with Crippen LogP contribution in [0.1, 0.15) is 5.56 Å². The number of hydrogen-bond donors (Lipinski definition) is 11. The molecule has 0 aliphatic carbocycles. The second-order valence-electron chi connectivity index (χ2n) is 8.01. The van der Waals surface area contributed by atoms with Gasteiger partial charge in [0.15, 0.2) is 0 Å². The standard InChI is InChI=1S/C21H37NO11S.ClH/c23-9-16(27)20(31)18(29)14(25)7-22(8-15(26)19(30)21(32)17(28)10-24)5-6-33-13-3-1-12(11-34)2-4-13;/h1-4,14-21,23-32,34H,5-11H2;1H/t14-,15-,16-,17-,18-,19-,20-,21-;/m1./s1. The third kappa shape index (κ3) is 11.4. The highest BCUT2D eigenvalue weighted by atomic mass is 35.5. The van der Waals surface area contributed by atoms with Gasteiger partial charge >= 0.3 is 0 Å². The first-order valence-electron chi connectivity index (χ1n) is 10.8. The van der Waals surface area contributed by atoms with Crippen molar-refractivity contribution in [3.63, 3.8) is 0 Å². The Morgan fingerprint density at radius 3 is 1.46 bits per heavy atom. The molecule has 8 atom stereocenters. The number of hydrogen-bond acceptors (Lipinski definition) is 13. The van der Waals surface area contributed by atoms with Crippen LogP contribution in [0.5, 0.6) is 5.75 Å². The number of halogens is 1. The summed E-state index contributed by atoms with van der Waals surface area (Å²) in [6.45, 7) is -2.30. The molecule has 0 radical (unpaired) electrons. The molecular weight excluding hydrogens is 510 g/mol. The zero-order valence-corrected chi connectivity index (χ0v) is 20.8. The summed E-state index contributed by atoms with van der Waals surface area (Å²) in [6, 6.07) is 7.10. The molecule has 0 saturated heterocycles. The summed E-state index contributed by atoms with van der Waals surface area (Å²) in [4.78, 5) is 1.36. The van der Waals surface area contributed by atoms with Crippen LogP contribution in [0.15, 0.2) is 24.3 Å². The monoisotopic (exact) mass is 547 g/mol. The highest BCUT2D eigenvalue weighted by Gasteiger charge is 2.34. The third-order valence-electron chi connectivity index (χ3n) is 5.32. The van der Waals surface area contributed by atoms with Crippen molar-refractivity contribution in [2.45, 2.75) is 54.6 Å². The number of ether oxygens (including phenoxy) is 1. The minimum atomic E-state index is -1.85. The fourth-order valence-corrected chi connectivity index (χ4v) is 3.32. The maximum atomic E-state index is 10.3. The summed E-state index contributed by atoms with van der Waals surface area (Å²) in [6.07, 6.45) is -14.0. The van der Waals surface area contributed by atoms with Gasteiger partial charge in [-0.15, -0.1) is 12.4 Å². The summed E-state index contributed by atoms with van der Waals surface area (Å²) in [7, 11) is 0.